The van der Waals surface area contributed by atoms with Crippen LogP contribution in [0.25, 0.3) is 0 Å². The molecule has 1 aliphatic rings. The van der Waals surface area contributed by atoms with E-state index in [2.05, 4.69) is 13.8 Å². The summed E-state index contributed by atoms with van der Waals surface area (Å²) in [6.45, 7) is 5.55. The van der Waals surface area contributed by atoms with E-state index in [9.17, 15) is 0 Å². The van der Waals surface area contributed by atoms with Crippen molar-refractivity contribution in [2.24, 2.45) is 0 Å². The fraction of sp³-hybridized carbons (Fsp3) is 1.00. The van der Waals surface area contributed by atoms with Gasteiger partial charge >= 0.3 is 15.6 Å². The number of hydrogen-bond acceptors (Lipinski definition) is 3. The Morgan fingerprint density at radius 3 is 1.03 bits per heavy atom. The third-order valence-corrected chi connectivity index (χ3v) is 5.20. The van der Waals surface area contributed by atoms with Crippen LogP contribution in [0.2, 0.25) is 0 Å². The van der Waals surface area contributed by atoms with Crippen molar-refractivity contribution in [3.05, 3.63) is 0 Å². The highest BCUT2D eigenvalue weighted by molar-refractivity contribution is 7.45. The maximum atomic E-state index is 8.88. The van der Waals surface area contributed by atoms with Crippen molar-refractivity contribution in [3.63, 3.8) is 0 Å². The standard InChI is InChI=1S/C21H42O.2H3O4P/c1-3-4-5-6-7-8-9-10-11-12-13-14-15-16-17-18-19-21(2)20-22-21;2*1-5(2,3)4/h3-20H2,1-2H3;2*(H3,1,2,3,4). The van der Waals surface area contributed by atoms with Gasteiger partial charge in [-0.2, -0.15) is 0 Å². The quantitative estimate of drug-likeness (QED) is 0.0839. The minimum absolute atomic E-state index is 0.288. The van der Waals surface area contributed by atoms with E-state index in [4.69, 9.17) is 43.2 Å². The van der Waals surface area contributed by atoms with Crippen LogP contribution < -0.4 is 0 Å². The summed E-state index contributed by atoms with van der Waals surface area (Å²) in [6.07, 6.45) is 24.5. The Balaban J connectivity index is 0. The zero-order valence-corrected chi connectivity index (χ0v) is 21.8. The maximum absolute atomic E-state index is 8.88. The Labute approximate surface area is 194 Å². The average molecular weight is 507 g/mol. The molecule has 6 N–H and O–H groups in total. The van der Waals surface area contributed by atoms with E-state index in [-0.39, 0.29) is 5.60 Å². The van der Waals surface area contributed by atoms with Crippen LogP contribution >= 0.6 is 15.6 Å². The largest absolute Gasteiger partial charge is 0.466 e. The SMILES string of the molecule is CCCCCCCCCCCCCCCCCCC1(C)CO1.O=P(O)(O)O.O=P(O)(O)O. The highest BCUT2D eigenvalue weighted by Gasteiger charge is 2.37. The molecule has 1 heterocycles. The van der Waals surface area contributed by atoms with Gasteiger partial charge in [-0.3, -0.25) is 0 Å². The number of phosphoric acid groups is 2. The summed E-state index contributed by atoms with van der Waals surface area (Å²) in [5, 5.41) is 0. The van der Waals surface area contributed by atoms with Gasteiger partial charge in [0, 0.05) is 0 Å². The molecule has 0 radical (unpaired) electrons. The Hall–Kier alpha value is 0.180. The van der Waals surface area contributed by atoms with Crippen LogP contribution in [0, 0.1) is 0 Å². The molecule has 1 rings (SSSR count). The highest BCUT2D eigenvalue weighted by atomic mass is 31.2. The van der Waals surface area contributed by atoms with Crippen LogP contribution in [0.15, 0.2) is 0 Å². The summed E-state index contributed by atoms with van der Waals surface area (Å²) in [4.78, 5) is 43.1. The molecular weight excluding hydrogens is 458 g/mol. The third kappa shape index (κ3) is 44.0. The summed E-state index contributed by atoms with van der Waals surface area (Å²) in [5.41, 5.74) is 0.288. The molecule has 32 heavy (non-hydrogen) atoms. The lowest BCUT2D eigenvalue weighted by Gasteiger charge is -2.05. The Kier molecular flexibility index (Phi) is 22.1. The molecule has 0 amide bonds. The van der Waals surface area contributed by atoms with Gasteiger partial charge in [-0.05, 0) is 13.3 Å². The van der Waals surface area contributed by atoms with Crippen LogP contribution in [0.3, 0.4) is 0 Å². The fourth-order valence-corrected chi connectivity index (χ4v) is 3.31. The van der Waals surface area contributed by atoms with Crippen molar-refractivity contribution in [2.45, 2.75) is 129 Å². The van der Waals surface area contributed by atoms with Crippen molar-refractivity contribution in [1.29, 1.82) is 0 Å². The lowest BCUT2D eigenvalue weighted by atomic mass is 10.0. The molecule has 0 spiro atoms. The maximum Gasteiger partial charge on any atom is 0.466 e. The number of rotatable bonds is 17. The van der Waals surface area contributed by atoms with E-state index in [0.29, 0.717) is 0 Å². The highest BCUT2D eigenvalue weighted by Crippen LogP contribution is 2.32. The predicted octanol–water partition coefficient (Wildman–Crippen LogP) is 5.57. The van der Waals surface area contributed by atoms with Crippen molar-refractivity contribution >= 4 is 15.6 Å². The van der Waals surface area contributed by atoms with Crippen molar-refractivity contribution < 1.29 is 43.2 Å². The topological polar surface area (TPSA) is 168 Å². The summed E-state index contributed by atoms with van der Waals surface area (Å²) in [5.74, 6) is 0. The second kappa shape index (κ2) is 20.5. The fourth-order valence-electron chi connectivity index (χ4n) is 3.31. The van der Waals surface area contributed by atoms with E-state index in [1.165, 1.54) is 109 Å². The molecule has 196 valence electrons. The summed E-state index contributed by atoms with van der Waals surface area (Å²) in [6, 6.07) is 0. The van der Waals surface area contributed by atoms with Crippen LogP contribution in [-0.2, 0) is 13.9 Å². The van der Waals surface area contributed by atoms with Crippen molar-refractivity contribution in [3.8, 4) is 0 Å². The first-order valence-corrected chi connectivity index (χ1v) is 15.1. The molecule has 11 heteroatoms. The number of epoxide rings is 1. The summed E-state index contributed by atoms with van der Waals surface area (Å²) in [7, 11) is -9.28. The van der Waals surface area contributed by atoms with Crippen LogP contribution in [0.1, 0.15) is 123 Å². The monoisotopic (exact) mass is 506 g/mol. The van der Waals surface area contributed by atoms with Gasteiger partial charge in [-0.25, -0.2) is 9.13 Å². The minimum Gasteiger partial charge on any atom is -0.370 e. The second-order valence-corrected chi connectivity index (χ2v) is 10.9. The van der Waals surface area contributed by atoms with Crippen molar-refractivity contribution in [1.82, 2.24) is 0 Å². The lowest BCUT2D eigenvalue weighted by Crippen LogP contribution is -2.02. The van der Waals surface area contributed by atoms with Gasteiger partial charge in [0.15, 0.2) is 0 Å². The molecule has 1 aliphatic heterocycles. The molecule has 0 bridgehead atoms. The van der Waals surface area contributed by atoms with Gasteiger partial charge in [0.1, 0.15) is 0 Å². The molecule has 0 aliphatic carbocycles. The minimum atomic E-state index is -4.64. The molecule has 1 atom stereocenters. The summed E-state index contributed by atoms with van der Waals surface area (Å²) < 4.78 is 23.2. The molecular formula is C21H48O9P2. The third-order valence-electron chi connectivity index (χ3n) is 5.20. The van der Waals surface area contributed by atoms with Crippen molar-refractivity contribution in [2.75, 3.05) is 6.61 Å². The first kappa shape index (κ1) is 34.3. The predicted molar refractivity (Wildman–Crippen MR) is 127 cm³/mol. The van der Waals surface area contributed by atoms with E-state index in [1.807, 2.05) is 0 Å². The Morgan fingerprint density at radius 2 is 0.812 bits per heavy atom. The van der Waals surface area contributed by atoms with Gasteiger partial charge in [-0.15, -0.1) is 0 Å². The number of ether oxygens (including phenoxy) is 1. The smallest absolute Gasteiger partial charge is 0.370 e. The van der Waals surface area contributed by atoms with E-state index in [0.717, 1.165) is 6.61 Å². The molecule has 0 saturated carbocycles. The Morgan fingerprint density at radius 1 is 0.594 bits per heavy atom. The van der Waals surface area contributed by atoms with Gasteiger partial charge < -0.3 is 34.1 Å². The lowest BCUT2D eigenvalue weighted by molar-refractivity contribution is 0.272. The zero-order chi connectivity index (χ0) is 24.9. The molecule has 1 unspecified atom stereocenters. The molecule has 1 fully saturated rings. The van der Waals surface area contributed by atoms with Gasteiger partial charge in [0.2, 0.25) is 0 Å². The van der Waals surface area contributed by atoms with Gasteiger partial charge in [-0.1, -0.05) is 110 Å². The Bertz CT molecular complexity index is 465. The second-order valence-electron chi connectivity index (χ2n) is 8.82. The van der Waals surface area contributed by atoms with Gasteiger partial charge in [0.25, 0.3) is 0 Å². The van der Waals surface area contributed by atoms with E-state index in [1.54, 1.807) is 0 Å². The van der Waals surface area contributed by atoms with Crippen LogP contribution in [0.4, 0.5) is 0 Å². The zero-order valence-electron chi connectivity index (χ0n) is 20.0. The van der Waals surface area contributed by atoms with Crippen LogP contribution in [0.5, 0.6) is 0 Å². The van der Waals surface area contributed by atoms with Crippen LogP contribution in [-0.4, -0.2) is 41.6 Å². The molecule has 0 aromatic rings. The molecule has 1 saturated heterocycles. The van der Waals surface area contributed by atoms with Gasteiger partial charge in [0.05, 0.1) is 12.2 Å². The normalized spacial score (nSPS) is 17.8. The number of unbranched alkanes of at least 4 members (excludes halogenated alkanes) is 15. The first-order valence-electron chi connectivity index (χ1n) is 12.0. The molecule has 9 nitrogen and oxygen atoms in total. The van der Waals surface area contributed by atoms with E-state index >= 15 is 0 Å². The number of hydrogen-bond donors (Lipinski definition) is 6. The molecule has 0 aromatic heterocycles. The average Bonchev–Trinajstić information content (AvgIpc) is 3.36. The summed E-state index contributed by atoms with van der Waals surface area (Å²) >= 11 is 0. The van der Waals surface area contributed by atoms with E-state index < -0.39 is 15.6 Å². The molecule has 0 aromatic carbocycles. The first-order chi connectivity index (χ1) is 14.8.